The number of ether oxygens (including phenoxy) is 1. The molecule has 0 bridgehead atoms. The maximum Gasteiger partial charge on any atom is 0.387 e. The van der Waals surface area contributed by atoms with E-state index in [4.69, 9.17) is 16.7 Å². The molecule has 0 spiro atoms. The molecular formula is C9H7ClF2O3. The number of carboxylic acid groups (broad SMARTS) is 1. The quantitative estimate of drug-likeness (QED) is 0.878. The van der Waals surface area contributed by atoms with E-state index in [0.29, 0.717) is 5.56 Å². The highest BCUT2D eigenvalue weighted by molar-refractivity contribution is 6.34. The van der Waals surface area contributed by atoms with E-state index in [1.165, 1.54) is 13.0 Å². The molecule has 1 aromatic rings. The van der Waals surface area contributed by atoms with E-state index in [1.54, 1.807) is 0 Å². The van der Waals surface area contributed by atoms with Crippen molar-refractivity contribution >= 4 is 17.6 Å². The summed E-state index contributed by atoms with van der Waals surface area (Å²) in [5.74, 6) is -1.51. The van der Waals surface area contributed by atoms with Gasteiger partial charge in [0.1, 0.15) is 5.75 Å². The minimum Gasteiger partial charge on any atom is -0.478 e. The van der Waals surface area contributed by atoms with Crippen molar-refractivity contribution in [2.24, 2.45) is 0 Å². The Labute approximate surface area is 89.2 Å². The molecular weight excluding hydrogens is 230 g/mol. The first-order chi connectivity index (χ1) is 6.91. The van der Waals surface area contributed by atoms with Gasteiger partial charge in [0.15, 0.2) is 0 Å². The molecule has 0 aliphatic heterocycles. The smallest absolute Gasteiger partial charge is 0.387 e. The monoisotopic (exact) mass is 236 g/mol. The number of alkyl halides is 2. The zero-order chi connectivity index (χ0) is 11.6. The van der Waals surface area contributed by atoms with Crippen molar-refractivity contribution in [3.05, 3.63) is 28.3 Å². The summed E-state index contributed by atoms with van der Waals surface area (Å²) in [5.41, 5.74) is 0.111. The molecule has 0 fully saturated rings. The van der Waals surface area contributed by atoms with Crippen LogP contribution in [0.5, 0.6) is 5.75 Å². The third-order valence-corrected chi connectivity index (χ3v) is 2.19. The number of halogens is 3. The Balaban J connectivity index is 3.17. The van der Waals surface area contributed by atoms with Crippen LogP contribution >= 0.6 is 11.6 Å². The predicted molar refractivity (Wildman–Crippen MR) is 49.8 cm³/mol. The fraction of sp³-hybridized carbons (Fsp3) is 0.222. The Morgan fingerprint density at radius 3 is 2.60 bits per heavy atom. The Kier molecular flexibility index (Phi) is 3.47. The van der Waals surface area contributed by atoms with Gasteiger partial charge in [-0.3, -0.25) is 0 Å². The lowest BCUT2D eigenvalue weighted by Gasteiger charge is -2.08. The van der Waals surface area contributed by atoms with Crippen LogP contribution in [0.1, 0.15) is 15.9 Å². The van der Waals surface area contributed by atoms with Crippen LogP contribution in [0, 0.1) is 6.92 Å². The molecule has 0 aliphatic carbocycles. The molecule has 1 aromatic carbocycles. The van der Waals surface area contributed by atoms with Crippen LogP contribution in [0.2, 0.25) is 5.02 Å². The molecule has 6 heteroatoms. The second-order valence-electron chi connectivity index (χ2n) is 2.79. The zero-order valence-corrected chi connectivity index (χ0v) is 8.39. The Morgan fingerprint density at radius 1 is 1.53 bits per heavy atom. The standard InChI is InChI=1S/C9H7ClF2O3/c1-4-2-5(15-9(11)12)3-6(7(4)10)8(13)14/h2-3,9H,1H3,(H,13,14). The molecule has 0 saturated carbocycles. The number of benzene rings is 1. The topological polar surface area (TPSA) is 46.5 Å². The van der Waals surface area contributed by atoms with E-state index in [-0.39, 0.29) is 16.3 Å². The van der Waals surface area contributed by atoms with E-state index in [9.17, 15) is 13.6 Å². The van der Waals surface area contributed by atoms with E-state index in [0.717, 1.165) is 6.07 Å². The van der Waals surface area contributed by atoms with Gasteiger partial charge >= 0.3 is 12.6 Å². The molecule has 0 saturated heterocycles. The first-order valence-corrected chi connectivity index (χ1v) is 4.28. The van der Waals surface area contributed by atoms with Gasteiger partial charge in [0.25, 0.3) is 0 Å². The number of hydrogen-bond acceptors (Lipinski definition) is 2. The van der Waals surface area contributed by atoms with Gasteiger partial charge in [0, 0.05) is 0 Å². The third-order valence-electron chi connectivity index (χ3n) is 1.68. The van der Waals surface area contributed by atoms with Crippen LogP contribution in [0.25, 0.3) is 0 Å². The van der Waals surface area contributed by atoms with Crippen LogP contribution < -0.4 is 4.74 Å². The number of rotatable bonds is 3. The summed E-state index contributed by atoms with van der Waals surface area (Å²) >= 11 is 5.67. The maximum absolute atomic E-state index is 11.9. The molecule has 0 amide bonds. The first-order valence-electron chi connectivity index (χ1n) is 3.90. The van der Waals surface area contributed by atoms with Crippen molar-refractivity contribution in [2.45, 2.75) is 13.5 Å². The van der Waals surface area contributed by atoms with Gasteiger partial charge in [-0.1, -0.05) is 11.6 Å². The molecule has 0 atom stereocenters. The highest BCUT2D eigenvalue weighted by Crippen LogP contribution is 2.27. The number of carboxylic acids is 1. The molecule has 82 valence electrons. The molecule has 0 radical (unpaired) electrons. The van der Waals surface area contributed by atoms with Crippen molar-refractivity contribution in [2.75, 3.05) is 0 Å². The summed E-state index contributed by atoms with van der Waals surface area (Å²) in [6, 6.07) is 2.21. The lowest BCUT2D eigenvalue weighted by atomic mass is 10.1. The van der Waals surface area contributed by atoms with E-state index >= 15 is 0 Å². The molecule has 1 N–H and O–H groups in total. The van der Waals surface area contributed by atoms with Gasteiger partial charge in [0.05, 0.1) is 10.6 Å². The molecule has 0 heterocycles. The summed E-state index contributed by atoms with van der Waals surface area (Å²) in [6.07, 6.45) is 0. The highest BCUT2D eigenvalue weighted by atomic mass is 35.5. The van der Waals surface area contributed by atoms with Gasteiger partial charge in [-0.15, -0.1) is 0 Å². The fourth-order valence-electron chi connectivity index (χ4n) is 1.06. The summed E-state index contributed by atoms with van der Waals surface area (Å²) < 4.78 is 27.9. The van der Waals surface area contributed by atoms with Crippen molar-refractivity contribution < 1.29 is 23.4 Å². The van der Waals surface area contributed by atoms with Crippen molar-refractivity contribution in [3.63, 3.8) is 0 Å². The lowest BCUT2D eigenvalue weighted by molar-refractivity contribution is -0.0499. The molecule has 3 nitrogen and oxygen atoms in total. The van der Waals surface area contributed by atoms with Gasteiger partial charge in [-0.2, -0.15) is 8.78 Å². The molecule has 0 aromatic heterocycles. The fourth-order valence-corrected chi connectivity index (χ4v) is 1.25. The van der Waals surface area contributed by atoms with Crippen molar-refractivity contribution in [1.82, 2.24) is 0 Å². The minimum absolute atomic E-state index is 0.0177. The second-order valence-corrected chi connectivity index (χ2v) is 3.16. The first kappa shape index (κ1) is 11.7. The summed E-state index contributed by atoms with van der Waals surface area (Å²) in [7, 11) is 0. The van der Waals surface area contributed by atoms with Crippen molar-refractivity contribution in [1.29, 1.82) is 0 Å². The van der Waals surface area contributed by atoms with E-state index in [2.05, 4.69) is 4.74 Å². The summed E-state index contributed by atoms with van der Waals surface area (Å²) in [6.45, 7) is -1.49. The summed E-state index contributed by atoms with van der Waals surface area (Å²) in [4.78, 5) is 10.7. The van der Waals surface area contributed by atoms with Gasteiger partial charge in [-0.25, -0.2) is 4.79 Å². The molecule has 0 unspecified atom stereocenters. The maximum atomic E-state index is 11.9. The van der Waals surface area contributed by atoms with Crippen LogP contribution in [0.4, 0.5) is 8.78 Å². The normalized spacial score (nSPS) is 10.5. The third kappa shape index (κ3) is 2.79. The van der Waals surface area contributed by atoms with Crippen LogP contribution in [-0.4, -0.2) is 17.7 Å². The molecule has 0 aliphatic rings. The number of aromatic carboxylic acids is 1. The van der Waals surface area contributed by atoms with Gasteiger partial charge in [0.2, 0.25) is 0 Å². The predicted octanol–water partition coefficient (Wildman–Crippen LogP) is 2.95. The van der Waals surface area contributed by atoms with Crippen LogP contribution in [0.3, 0.4) is 0 Å². The number of carbonyl (C=O) groups is 1. The Hall–Kier alpha value is -1.36. The van der Waals surface area contributed by atoms with E-state index in [1.807, 2.05) is 0 Å². The average Bonchev–Trinajstić information content (AvgIpc) is 2.09. The number of aryl methyl sites for hydroxylation is 1. The highest BCUT2D eigenvalue weighted by Gasteiger charge is 2.14. The lowest BCUT2D eigenvalue weighted by Crippen LogP contribution is -2.05. The number of hydrogen-bond donors (Lipinski definition) is 1. The minimum atomic E-state index is -2.99. The Bertz CT molecular complexity index is 393. The zero-order valence-electron chi connectivity index (χ0n) is 7.63. The second kappa shape index (κ2) is 4.44. The largest absolute Gasteiger partial charge is 0.478 e. The SMILES string of the molecule is Cc1cc(OC(F)F)cc(C(=O)O)c1Cl. The molecule has 1 rings (SSSR count). The Morgan fingerprint density at radius 2 is 2.13 bits per heavy atom. The van der Waals surface area contributed by atoms with E-state index < -0.39 is 12.6 Å². The van der Waals surface area contributed by atoms with Crippen LogP contribution in [0.15, 0.2) is 12.1 Å². The van der Waals surface area contributed by atoms with Crippen LogP contribution in [-0.2, 0) is 0 Å². The average molecular weight is 237 g/mol. The molecule has 15 heavy (non-hydrogen) atoms. The van der Waals surface area contributed by atoms with Crippen molar-refractivity contribution in [3.8, 4) is 5.75 Å². The van der Waals surface area contributed by atoms with Gasteiger partial charge < -0.3 is 9.84 Å². The van der Waals surface area contributed by atoms with Gasteiger partial charge in [-0.05, 0) is 24.6 Å². The summed E-state index contributed by atoms with van der Waals surface area (Å²) in [5, 5.41) is 8.74.